The number of carbonyl (C=O) groups is 1. The third kappa shape index (κ3) is 6.02. The van der Waals surface area contributed by atoms with E-state index in [1.54, 1.807) is 30.6 Å². The van der Waals surface area contributed by atoms with Gasteiger partial charge in [0.2, 0.25) is 0 Å². The summed E-state index contributed by atoms with van der Waals surface area (Å²) in [7, 11) is 0. The van der Waals surface area contributed by atoms with Crippen molar-refractivity contribution < 1.29 is 4.79 Å². The van der Waals surface area contributed by atoms with Gasteiger partial charge >= 0.3 is 0 Å². The number of hydrogen-bond acceptors (Lipinski definition) is 5. The Morgan fingerprint density at radius 3 is 2.38 bits per heavy atom. The highest BCUT2D eigenvalue weighted by atomic mass is 16.1. The first kappa shape index (κ1) is 25.0. The zero-order chi connectivity index (χ0) is 27.0. The Kier molecular flexibility index (Phi) is 7.44. The summed E-state index contributed by atoms with van der Waals surface area (Å²) in [6, 6.07) is 34.0. The Bertz CT molecular complexity index is 1690. The molecule has 0 unspecified atom stereocenters. The van der Waals surface area contributed by atoms with Crippen molar-refractivity contribution in [3.8, 4) is 23.3 Å². The van der Waals surface area contributed by atoms with Gasteiger partial charge in [-0.05, 0) is 65.2 Å². The van der Waals surface area contributed by atoms with Crippen LogP contribution in [0.2, 0.25) is 0 Å². The van der Waals surface area contributed by atoms with Gasteiger partial charge in [0.1, 0.15) is 0 Å². The molecule has 0 saturated carbocycles. The van der Waals surface area contributed by atoms with Gasteiger partial charge in [0.15, 0.2) is 0 Å². The number of rotatable bonds is 8. The quantitative estimate of drug-likeness (QED) is 0.259. The summed E-state index contributed by atoms with van der Waals surface area (Å²) in [6.45, 7) is 1.18. The maximum Gasteiger partial charge on any atom is 0.256 e. The zero-order valence-corrected chi connectivity index (χ0v) is 21.0. The Balaban J connectivity index is 1.36. The van der Waals surface area contributed by atoms with E-state index < -0.39 is 0 Å². The third-order valence-electron chi connectivity index (χ3n) is 6.31. The van der Waals surface area contributed by atoms with Gasteiger partial charge in [-0.1, -0.05) is 48.5 Å². The molecule has 1 heterocycles. The monoisotopic (exact) mass is 508 g/mol. The molecule has 0 bridgehead atoms. The van der Waals surface area contributed by atoms with Crippen molar-refractivity contribution in [1.82, 2.24) is 9.55 Å². The molecular weight excluding hydrogens is 484 g/mol. The Labute approximate surface area is 226 Å². The molecule has 0 atom stereocenters. The number of anilines is 2. The van der Waals surface area contributed by atoms with E-state index >= 15 is 0 Å². The highest BCUT2D eigenvalue weighted by Crippen LogP contribution is 2.28. The minimum atomic E-state index is -0.254. The molecule has 4 aromatic carbocycles. The van der Waals surface area contributed by atoms with Gasteiger partial charge in [0.05, 0.1) is 41.8 Å². The lowest BCUT2D eigenvalue weighted by Crippen LogP contribution is -2.14. The summed E-state index contributed by atoms with van der Waals surface area (Å²) in [4.78, 5) is 17.6. The van der Waals surface area contributed by atoms with Gasteiger partial charge in [-0.25, -0.2) is 4.98 Å². The predicted octanol–water partition coefficient (Wildman–Crippen LogP) is 6.21. The minimum Gasteiger partial charge on any atom is -0.379 e. The van der Waals surface area contributed by atoms with Crippen molar-refractivity contribution in [1.29, 1.82) is 10.5 Å². The smallest absolute Gasteiger partial charge is 0.256 e. The Hall–Kier alpha value is -5.66. The molecule has 5 rings (SSSR count). The Morgan fingerprint density at radius 2 is 1.62 bits per heavy atom. The average Bonchev–Trinajstić information content (AvgIpc) is 3.43. The van der Waals surface area contributed by atoms with Crippen LogP contribution >= 0.6 is 0 Å². The molecule has 7 nitrogen and oxygen atoms in total. The maximum absolute atomic E-state index is 13.3. The Morgan fingerprint density at radius 1 is 0.821 bits per heavy atom. The fourth-order valence-electron chi connectivity index (χ4n) is 4.29. The van der Waals surface area contributed by atoms with Gasteiger partial charge in [-0.15, -0.1) is 0 Å². The number of nitrogens with zero attached hydrogens (tertiary/aromatic N) is 4. The summed E-state index contributed by atoms with van der Waals surface area (Å²) < 4.78 is 2.06. The molecule has 7 heteroatoms. The van der Waals surface area contributed by atoms with Crippen LogP contribution in [0.1, 0.15) is 32.7 Å². The number of carbonyl (C=O) groups excluding carboxylic acids is 1. The number of nitrogens with one attached hydrogen (secondary N) is 2. The minimum absolute atomic E-state index is 0.254. The van der Waals surface area contributed by atoms with Crippen molar-refractivity contribution in [2.75, 3.05) is 10.6 Å². The fourth-order valence-corrected chi connectivity index (χ4v) is 4.29. The molecule has 188 valence electrons. The number of amides is 1. The molecule has 39 heavy (non-hydrogen) atoms. The fraction of sp³-hybridized carbons (Fsp3) is 0.0625. The van der Waals surface area contributed by atoms with Crippen LogP contribution in [0.3, 0.4) is 0 Å². The van der Waals surface area contributed by atoms with Gasteiger partial charge < -0.3 is 15.2 Å². The summed E-state index contributed by atoms with van der Waals surface area (Å²) in [5, 5.41) is 24.6. The molecule has 2 N–H and O–H groups in total. The maximum atomic E-state index is 13.3. The summed E-state index contributed by atoms with van der Waals surface area (Å²) in [5.41, 5.74) is 6.86. The average molecular weight is 509 g/mol. The van der Waals surface area contributed by atoms with Crippen LogP contribution in [0.15, 0.2) is 110 Å². The second kappa shape index (κ2) is 11.6. The molecule has 1 aromatic heterocycles. The standard InChI is InChI=1S/C32H24N6O/c33-17-23-9-11-24(12-10-23)21-38-22-35-19-29(38)20-36-27-13-14-30(31(16-27)26-6-2-1-3-7-26)32(39)37-28-8-4-5-25(15-28)18-34/h1-16,19,22,36H,20-21H2,(H,37,39). The van der Waals surface area contributed by atoms with E-state index in [9.17, 15) is 10.1 Å². The van der Waals surface area contributed by atoms with Crippen LogP contribution in [0.5, 0.6) is 0 Å². The first-order chi connectivity index (χ1) is 19.1. The van der Waals surface area contributed by atoms with E-state index in [-0.39, 0.29) is 5.91 Å². The number of imidazole rings is 1. The molecule has 5 aromatic rings. The molecule has 0 aliphatic carbocycles. The normalized spacial score (nSPS) is 10.3. The van der Waals surface area contributed by atoms with Crippen molar-refractivity contribution in [2.24, 2.45) is 0 Å². The van der Waals surface area contributed by atoms with E-state index in [2.05, 4.69) is 32.3 Å². The number of benzene rings is 4. The lowest BCUT2D eigenvalue weighted by Gasteiger charge is -2.15. The van der Waals surface area contributed by atoms with Crippen molar-refractivity contribution in [3.05, 3.63) is 138 Å². The first-order valence-corrected chi connectivity index (χ1v) is 12.4. The van der Waals surface area contributed by atoms with Gasteiger partial charge in [-0.3, -0.25) is 4.79 Å². The number of hydrogen-bond donors (Lipinski definition) is 2. The third-order valence-corrected chi connectivity index (χ3v) is 6.31. The van der Waals surface area contributed by atoms with Crippen LogP contribution in [0, 0.1) is 22.7 Å². The number of nitriles is 2. The van der Waals surface area contributed by atoms with E-state index in [1.807, 2.05) is 79.0 Å². The molecule has 0 saturated heterocycles. The largest absolute Gasteiger partial charge is 0.379 e. The van der Waals surface area contributed by atoms with Gasteiger partial charge in [0, 0.05) is 29.7 Å². The van der Waals surface area contributed by atoms with Crippen molar-refractivity contribution in [2.45, 2.75) is 13.1 Å². The van der Waals surface area contributed by atoms with Crippen LogP contribution in [-0.4, -0.2) is 15.5 Å². The van der Waals surface area contributed by atoms with E-state index in [4.69, 9.17) is 5.26 Å². The van der Waals surface area contributed by atoms with Crippen LogP contribution < -0.4 is 10.6 Å². The molecule has 0 aliphatic rings. The van der Waals surface area contributed by atoms with Crippen LogP contribution in [0.25, 0.3) is 11.1 Å². The topological polar surface area (TPSA) is 107 Å². The van der Waals surface area contributed by atoms with E-state index in [0.717, 1.165) is 28.1 Å². The van der Waals surface area contributed by atoms with Gasteiger partial charge in [0.25, 0.3) is 5.91 Å². The molecule has 0 radical (unpaired) electrons. The van der Waals surface area contributed by atoms with E-state index in [1.165, 1.54) is 0 Å². The lowest BCUT2D eigenvalue weighted by atomic mass is 9.98. The highest BCUT2D eigenvalue weighted by molar-refractivity contribution is 6.09. The van der Waals surface area contributed by atoms with E-state index in [0.29, 0.717) is 35.5 Å². The predicted molar refractivity (Wildman–Crippen MR) is 151 cm³/mol. The van der Waals surface area contributed by atoms with Crippen molar-refractivity contribution >= 4 is 17.3 Å². The number of aromatic nitrogens is 2. The second-order valence-corrected chi connectivity index (χ2v) is 8.95. The summed E-state index contributed by atoms with van der Waals surface area (Å²) in [5.74, 6) is -0.254. The lowest BCUT2D eigenvalue weighted by molar-refractivity contribution is 0.102. The van der Waals surface area contributed by atoms with Crippen molar-refractivity contribution in [3.63, 3.8) is 0 Å². The zero-order valence-electron chi connectivity index (χ0n) is 21.0. The molecule has 0 fully saturated rings. The van der Waals surface area contributed by atoms with Crippen LogP contribution in [0.4, 0.5) is 11.4 Å². The SMILES string of the molecule is N#Cc1ccc(Cn2cncc2CNc2ccc(C(=O)Nc3cccc(C#N)c3)c(-c3ccccc3)c2)cc1. The summed E-state index contributed by atoms with van der Waals surface area (Å²) >= 11 is 0. The molecular formula is C32H24N6O. The molecule has 1 amide bonds. The molecule has 0 aliphatic heterocycles. The second-order valence-electron chi connectivity index (χ2n) is 8.95. The molecule has 0 spiro atoms. The van der Waals surface area contributed by atoms with Gasteiger partial charge in [-0.2, -0.15) is 10.5 Å². The van der Waals surface area contributed by atoms with Crippen LogP contribution in [-0.2, 0) is 13.1 Å². The summed E-state index contributed by atoms with van der Waals surface area (Å²) in [6.07, 6.45) is 3.62. The first-order valence-electron chi connectivity index (χ1n) is 12.4. The highest BCUT2D eigenvalue weighted by Gasteiger charge is 2.15.